The maximum Gasteiger partial charge on any atom is 0.251 e. The molecule has 1 amide bonds. The zero-order valence-corrected chi connectivity index (χ0v) is 13.7. The van der Waals surface area contributed by atoms with E-state index in [9.17, 15) is 9.90 Å². The fraction of sp³-hybridized carbons (Fsp3) is 0.500. The Morgan fingerprint density at radius 1 is 1.20 bits per heavy atom. The second-order valence-electron chi connectivity index (χ2n) is 5.61. The molecule has 6 heteroatoms. The van der Waals surface area contributed by atoms with Crippen molar-refractivity contribution in [2.24, 2.45) is 0 Å². The number of benzene rings is 1. The minimum atomic E-state index is -1.08. The molecule has 4 nitrogen and oxygen atoms in total. The van der Waals surface area contributed by atoms with Crippen molar-refractivity contribution in [3.05, 3.63) is 27.7 Å². The first-order valence-corrected chi connectivity index (χ1v) is 6.83. The van der Waals surface area contributed by atoms with Gasteiger partial charge in [-0.25, -0.2) is 0 Å². The zero-order valence-electron chi connectivity index (χ0n) is 12.2. The molecule has 0 heterocycles. The molecule has 0 spiro atoms. The van der Waals surface area contributed by atoms with E-state index in [4.69, 9.17) is 27.9 Å². The Morgan fingerprint density at radius 2 is 1.65 bits per heavy atom. The summed E-state index contributed by atoms with van der Waals surface area (Å²) in [5, 5.41) is 13.3. The van der Waals surface area contributed by atoms with Gasteiger partial charge in [-0.15, -0.1) is 0 Å². The highest BCUT2D eigenvalue weighted by Crippen LogP contribution is 2.34. The van der Waals surface area contributed by atoms with Crippen molar-refractivity contribution in [1.82, 2.24) is 5.32 Å². The van der Waals surface area contributed by atoms with E-state index in [0.717, 1.165) is 0 Å². The van der Waals surface area contributed by atoms with Gasteiger partial charge in [-0.1, -0.05) is 23.2 Å². The summed E-state index contributed by atoms with van der Waals surface area (Å²) in [6, 6.07) is 2.95. The minimum absolute atomic E-state index is 0.256. The number of carbonyl (C=O) groups is 1. The second kappa shape index (κ2) is 5.80. The smallest absolute Gasteiger partial charge is 0.251 e. The first kappa shape index (κ1) is 17.1. The van der Waals surface area contributed by atoms with E-state index in [0.29, 0.717) is 11.3 Å². The van der Waals surface area contributed by atoms with Crippen molar-refractivity contribution in [3.8, 4) is 5.75 Å². The lowest BCUT2D eigenvalue weighted by Gasteiger charge is -2.38. The van der Waals surface area contributed by atoms with Gasteiger partial charge in [0, 0.05) is 5.56 Å². The SMILES string of the molecule is COc1c(Cl)cc(C(=O)NC(C)(C)C(C)(C)O)cc1Cl. The van der Waals surface area contributed by atoms with Crippen LogP contribution in [0.3, 0.4) is 0 Å². The summed E-state index contributed by atoms with van der Waals surface area (Å²) in [4.78, 5) is 12.2. The molecule has 0 aromatic heterocycles. The maximum atomic E-state index is 12.2. The third kappa shape index (κ3) is 3.57. The van der Waals surface area contributed by atoms with E-state index in [1.165, 1.54) is 19.2 Å². The topological polar surface area (TPSA) is 58.6 Å². The molecular formula is C14H19Cl2NO3. The summed E-state index contributed by atoms with van der Waals surface area (Å²) in [6.45, 7) is 6.72. The van der Waals surface area contributed by atoms with E-state index < -0.39 is 11.1 Å². The van der Waals surface area contributed by atoms with Gasteiger partial charge >= 0.3 is 0 Å². The van der Waals surface area contributed by atoms with Crippen molar-refractivity contribution in [2.75, 3.05) is 7.11 Å². The molecule has 2 N–H and O–H groups in total. The molecule has 0 saturated carbocycles. The molecule has 1 aromatic rings. The van der Waals surface area contributed by atoms with Crippen LogP contribution >= 0.6 is 23.2 Å². The van der Waals surface area contributed by atoms with Gasteiger partial charge in [0.25, 0.3) is 5.91 Å². The van der Waals surface area contributed by atoms with Gasteiger partial charge in [-0.05, 0) is 39.8 Å². The molecule has 0 atom stereocenters. The van der Waals surface area contributed by atoms with E-state index in [2.05, 4.69) is 5.32 Å². The monoisotopic (exact) mass is 319 g/mol. The lowest BCUT2D eigenvalue weighted by atomic mass is 9.86. The zero-order chi connectivity index (χ0) is 15.7. The van der Waals surface area contributed by atoms with Crippen LogP contribution in [0.1, 0.15) is 38.1 Å². The molecule has 0 aliphatic heterocycles. The number of ether oxygens (including phenoxy) is 1. The number of amides is 1. The summed E-state index contributed by atoms with van der Waals surface area (Å²) >= 11 is 12.0. The van der Waals surface area contributed by atoms with Crippen LogP contribution in [0, 0.1) is 0 Å². The summed E-state index contributed by atoms with van der Waals surface area (Å²) in [5.74, 6) is -0.0461. The van der Waals surface area contributed by atoms with E-state index >= 15 is 0 Å². The van der Waals surface area contributed by atoms with Crippen molar-refractivity contribution in [1.29, 1.82) is 0 Å². The second-order valence-corrected chi connectivity index (χ2v) is 6.43. The van der Waals surface area contributed by atoms with Crippen LogP contribution < -0.4 is 10.1 Å². The van der Waals surface area contributed by atoms with E-state index in [1.807, 2.05) is 0 Å². The predicted molar refractivity (Wildman–Crippen MR) is 80.9 cm³/mol. The Labute approximate surface area is 129 Å². The molecule has 20 heavy (non-hydrogen) atoms. The highest BCUT2D eigenvalue weighted by molar-refractivity contribution is 6.37. The van der Waals surface area contributed by atoms with Crippen LogP contribution in [-0.2, 0) is 0 Å². The van der Waals surface area contributed by atoms with Crippen LogP contribution in [0.2, 0.25) is 10.0 Å². The van der Waals surface area contributed by atoms with Crippen molar-refractivity contribution >= 4 is 29.1 Å². The number of nitrogens with one attached hydrogen (secondary N) is 1. The number of methoxy groups -OCH3 is 1. The average molecular weight is 320 g/mol. The molecule has 0 saturated heterocycles. The Balaban J connectivity index is 3.06. The Hall–Kier alpha value is -0.970. The molecule has 1 rings (SSSR count). The predicted octanol–water partition coefficient (Wildman–Crippen LogP) is 3.28. The molecular weight excluding hydrogens is 301 g/mol. The molecule has 0 aliphatic carbocycles. The Morgan fingerprint density at radius 3 is 2.00 bits per heavy atom. The number of rotatable bonds is 4. The van der Waals surface area contributed by atoms with Crippen LogP contribution in [0.25, 0.3) is 0 Å². The third-order valence-corrected chi connectivity index (χ3v) is 3.98. The maximum absolute atomic E-state index is 12.2. The van der Waals surface area contributed by atoms with E-state index in [-0.39, 0.29) is 16.0 Å². The van der Waals surface area contributed by atoms with Gasteiger partial charge in [0.2, 0.25) is 0 Å². The molecule has 0 unspecified atom stereocenters. The lowest BCUT2D eigenvalue weighted by molar-refractivity contribution is -0.00292. The standard InChI is InChI=1S/C14H19Cl2NO3/c1-13(2,14(3,4)19)17-12(18)8-6-9(15)11(20-5)10(16)7-8/h6-7,19H,1-5H3,(H,17,18). The first-order valence-electron chi connectivity index (χ1n) is 6.07. The van der Waals surface area contributed by atoms with Crippen LogP contribution in [0.5, 0.6) is 5.75 Å². The van der Waals surface area contributed by atoms with Crippen molar-refractivity contribution in [2.45, 2.75) is 38.8 Å². The van der Waals surface area contributed by atoms with Gasteiger partial charge in [0.05, 0.1) is 28.3 Å². The summed E-state index contributed by atoms with van der Waals surface area (Å²) in [7, 11) is 1.45. The molecule has 0 fully saturated rings. The van der Waals surface area contributed by atoms with E-state index in [1.54, 1.807) is 27.7 Å². The fourth-order valence-electron chi connectivity index (χ4n) is 1.39. The normalized spacial score (nSPS) is 12.2. The number of hydrogen-bond donors (Lipinski definition) is 2. The molecule has 0 radical (unpaired) electrons. The number of aliphatic hydroxyl groups is 1. The fourth-order valence-corrected chi connectivity index (χ4v) is 2.04. The highest BCUT2D eigenvalue weighted by Gasteiger charge is 2.36. The number of halogens is 2. The number of hydrogen-bond acceptors (Lipinski definition) is 3. The van der Waals surface area contributed by atoms with Gasteiger partial charge in [0.15, 0.2) is 5.75 Å². The molecule has 1 aromatic carbocycles. The largest absolute Gasteiger partial charge is 0.494 e. The summed E-state index contributed by atoms with van der Waals surface area (Å²) in [5.41, 5.74) is -1.59. The average Bonchev–Trinajstić information content (AvgIpc) is 2.26. The first-order chi connectivity index (χ1) is 8.99. The van der Waals surface area contributed by atoms with Crippen LogP contribution in [0.15, 0.2) is 12.1 Å². The Bertz CT molecular complexity index is 499. The van der Waals surface area contributed by atoms with Gasteiger partial charge in [-0.3, -0.25) is 4.79 Å². The summed E-state index contributed by atoms with van der Waals surface area (Å²) < 4.78 is 5.03. The van der Waals surface area contributed by atoms with Crippen LogP contribution in [-0.4, -0.2) is 29.3 Å². The van der Waals surface area contributed by atoms with Crippen molar-refractivity contribution < 1.29 is 14.6 Å². The van der Waals surface area contributed by atoms with Gasteiger partial charge in [-0.2, -0.15) is 0 Å². The Kier molecular flexibility index (Phi) is 4.95. The lowest BCUT2D eigenvalue weighted by Crippen LogP contribution is -2.57. The quantitative estimate of drug-likeness (QED) is 0.895. The minimum Gasteiger partial charge on any atom is -0.494 e. The molecule has 0 aliphatic rings. The van der Waals surface area contributed by atoms with Crippen LogP contribution in [0.4, 0.5) is 0 Å². The molecule has 0 bridgehead atoms. The van der Waals surface area contributed by atoms with Gasteiger partial charge in [0.1, 0.15) is 0 Å². The molecule has 112 valence electrons. The summed E-state index contributed by atoms with van der Waals surface area (Å²) in [6.07, 6.45) is 0. The third-order valence-electron chi connectivity index (χ3n) is 3.42. The highest BCUT2D eigenvalue weighted by atomic mass is 35.5. The number of carbonyl (C=O) groups excluding carboxylic acids is 1. The van der Waals surface area contributed by atoms with Gasteiger partial charge < -0.3 is 15.2 Å². The van der Waals surface area contributed by atoms with Crippen molar-refractivity contribution in [3.63, 3.8) is 0 Å².